The normalized spacial score (nSPS) is 16.1. The van der Waals surface area contributed by atoms with E-state index in [0.29, 0.717) is 6.10 Å². The standard InChI is InChI=1S/C16H16INO/c17-13-6-4-11(5-7-13)16(18)12-2-1-3-15(10-12)19-14-8-9-14/h1-7,10,14,16H,8-9,18H2. The van der Waals surface area contributed by atoms with Crippen molar-refractivity contribution in [2.45, 2.75) is 25.0 Å². The van der Waals surface area contributed by atoms with E-state index < -0.39 is 0 Å². The molecule has 3 heteroatoms. The Hall–Kier alpha value is -1.07. The Labute approximate surface area is 127 Å². The summed E-state index contributed by atoms with van der Waals surface area (Å²) < 4.78 is 7.04. The van der Waals surface area contributed by atoms with Crippen molar-refractivity contribution in [3.05, 3.63) is 63.2 Å². The average Bonchev–Trinajstić information content (AvgIpc) is 3.23. The maximum Gasteiger partial charge on any atom is 0.120 e. The smallest absolute Gasteiger partial charge is 0.120 e. The zero-order valence-corrected chi connectivity index (χ0v) is 12.7. The summed E-state index contributed by atoms with van der Waals surface area (Å²) in [6.45, 7) is 0. The molecule has 98 valence electrons. The van der Waals surface area contributed by atoms with Crippen LogP contribution >= 0.6 is 22.6 Å². The Balaban J connectivity index is 1.81. The monoisotopic (exact) mass is 365 g/mol. The highest BCUT2D eigenvalue weighted by Gasteiger charge is 2.23. The van der Waals surface area contributed by atoms with Crippen LogP contribution in [-0.2, 0) is 0 Å². The molecule has 0 amide bonds. The van der Waals surface area contributed by atoms with Crippen molar-refractivity contribution in [2.24, 2.45) is 5.73 Å². The highest BCUT2D eigenvalue weighted by Crippen LogP contribution is 2.29. The van der Waals surface area contributed by atoms with Crippen LogP contribution in [0.3, 0.4) is 0 Å². The summed E-state index contributed by atoms with van der Waals surface area (Å²) in [7, 11) is 0. The van der Waals surface area contributed by atoms with Gasteiger partial charge in [-0.1, -0.05) is 24.3 Å². The number of hydrogen-bond donors (Lipinski definition) is 1. The van der Waals surface area contributed by atoms with Gasteiger partial charge in [0.2, 0.25) is 0 Å². The van der Waals surface area contributed by atoms with Crippen molar-refractivity contribution in [2.75, 3.05) is 0 Å². The number of hydrogen-bond acceptors (Lipinski definition) is 2. The van der Waals surface area contributed by atoms with Gasteiger partial charge in [-0.25, -0.2) is 0 Å². The molecule has 1 unspecified atom stereocenters. The van der Waals surface area contributed by atoms with Crippen molar-refractivity contribution in [1.29, 1.82) is 0 Å². The predicted octanol–water partition coefficient (Wildman–Crippen LogP) is 3.88. The average molecular weight is 365 g/mol. The van der Waals surface area contributed by atoms with Gasteiger partial charge in [-0.3, -0.25) is 0 Å². The van der Waals surface area contributed by atoms with E-state index in [1.165, 1.54) is 16.4 Å². The van der Waals surface area contributed by atoms with E-state index in [1.807, 2.05) is 12.1 Å². The Morgan fingerprint density at radius 2 is 1.79 bits per heavy atom. The maximum absolute atomic E-state index is 6.32. The minimum Gasteiger partial charge on any atom is -0.490 e. The first kappa shape index (κ1) is 12.9. The van der Waals surface area contributed by atoms with Crippen LogP contribution in [0, 0.1) is 3.57 Å². The second-order valence-corrected chi connectivity index (χ2v) is 6.16. The van der Waals surface area contributed by atoms with Crippen LogP contribution in [0.1, 0.15) is 30.0 Å². The van der Waals surface area contributed by atoms with Crippen molar-refractivity contribution < 1.29 is 4.74 Å². The molecule has 1 aliphatic rings. The molecular formula is C16H16INO. The largest absolute Gasteiger partial charge is 0.490 e. The number of benzene rings is 2. The Morgan fingerprint density at radius 3 is 2.47 bits per heavy atom. The van der Waals surface area contributed by atoms with Crippen LogP contribution in [0.4, 0.5) is 0 Å². The van der Waals surface area contributed by atoms with Gasteiger partial charge < -0.3 is 10.5 Å². The first-order chi connectivity index (χ1) is 9.22. The van der Waals surface area contributed by atoms with Crippen LogP contribution in [0.5, 0.6) is 5.75 Å². The Morgan fingerprint density at radius 1 is 1.05 bits per heavy atom. The van der Waals surface area contributed by atoms with E-state index in [1.54, 1.807) is 0 Å². The molecule has 2 nitrogen and oxygen atoms in total. The molecule has 3 rings (SSSR count). The van der Waals surface area contributed by atoms with Crippen LogP contribution in [0.15, 0.2) is 48.5 Å². The fraction of sp³-hybridized carbons (Fsp3) is 0.250. The number of halogens is 1. The molecule has 19 heavy (non-hydrogen) atoms. The summed E-state index contributed by atoms with van der Waals surface area (Å²) in [6.07, 6.45) is 2.77. The van der Waals surface area contributed by atoms with Gasteiger partial charge in [0.25, 0.3) is 0 Å². The molecule has 1 saturated carbocycles. The molecule has 0 saturated heterocycles. The molecule has 0 aliphatic heterocycles. The molecule has 0 aromatic heterocycles. The van der Waals surface area contributed by atoms with Crippen LogP contribution in [0.2, 0.25) is 0 Å². The lowest BCUT2D eigenvalue weighted by Crippen LogP contribution is -2.12. The second-order valence-electron chi connectivity index (χ2n) is 4.92. The molecule has 0 radical (unpaired) electrons. The number of nitrogens with two attached hydrogens (primary N) is 1. The van der Waals surface area contributed by atoms with Gasteiger partial charge in [-0.05, 0) is 70.8 Å². The van der Waals surface area contributed by atoms with Gasteiger partial charge in [0.15, 0.2) is 0 Å². The van der Waals surface area contributed by atoms with Gasteiger partial charge in [-0.15, -0.1) is 0 Å². The minimum atomic E-state index is -0.0975. The van der Waals surface area contributed by atoms with Crippen LogP contribution in [-0.4, -0.2) is 6.10 Å². The van der Waals surface area contributed by atoms with Crippen molar-refractivity contribution in [3.63, 3.8) is 0 Å². The SMILES string of the molecule is NC(c1ccc(I)cc1)c1cccc(OC2CC2)c1. The van der Waals surface area contributed by atoms with E-state index in [9.17, 15) is 0 Å². The topological polar surface area (TPSA) is 35.2 Å². The molecule has 0 heterocycles. The van der Waals surface area contributed by atoms with Crippen LogP contribution in [0.25, 0.3) is 0 Å². The second kappa shape index (κ2) is 5.51. The van der Waals surface area contributed by atoms with E-state index in [0.717, 1.165) is 16.9 Å². The summed E-state index contributed by atoms with van der Waals surface area (Å²) >= 11 is 2.30. The molecule has 2 N–H and O–H groups in total. The van der Waals surface area contributed by atoms with E-state index in [4.69, 9.17) is 10.5 Å². The fourth-order valence-electron chi connectivity index (χ4n) is 2.02. The molecular weight excluding hydrogens is 349 g/mol. The molecule has 2 aromatic carbocycles. The quantitative estimate of drug-likeness (QED) is 0.835. The zero-order chi connectivity index (χ0) is 13.2. The van der Waals surface area contributed by atoms with Crippen molar-refractivity contribution in [3.8, 4) is 5.75 Å². The van der Waals surface area contributed by atoms with Gasteiger partial charge in [0.05, 0.1) is 12.1 Å². The van der Waals surface area contributed by atoms with Gasteiger partial charge in [-0.2, -0.15) is 0 Å². The lowest BCUT2D eigenvalue weighted by molar-refractivity contribution is 0.303. The highest BCUT2D eigenvalue weighted by molar-refractivity contribution is 14.1. The lowest BCUT2D eigenvalue weighted by Gasteiger charge is -2.14. The van der Waals surface area contributed by atoms with Gasteiger partial charge in [0.1, 0.15) is 5.75 Å². The third-order valence-corrected chi connectivity index (χ3v) is 3.99. The maximum atomic E-state index is 6.32. The highest BCUT2D eigenvalue weighted by atomic mass is 127. The summed E-state index contributed by atoms with van der Waals surface area (Å²) in [6, 6.07) is 16.4. The summed E-state index contributed by atoms with van der Waals surface area (Å²) in [4.78, 5) is 0. The molecule has 1 aliphatic carbocycles. The summed E-state index contributed by atoms with van der Waals surface area (Å²) in [5.74, 6) is 0.931. The molecule has 1 fully saturated rings. The molecule has 0 bridgehead atoms. The zero-order valence-electron chi connectivity index (χ0n) is 10.6. The van der Waals surface area contributed by atoms with Crippen molar-refractivity contribution in [1.82, 2.24) is 0 Å². The van der Waals surface area contributed by atoms with Crippen molar-refractivity contribution >= 4 is 22.6 Å². The fourth-order valence-corrected chi connectivity index (χ4v) is 2.38. The molecule has 1 atom stereocenters. The van der Waals surface area contributed by atoms with E-state index in [2.05, 4.69) is 59.0 Å². The molecule has 2 aromatic rings. The summed E-state index contributed by atoms with van der Waals surface area (Å²) in [5.41, 5.74) is 8.55. The third kappa shape index (κ3) is 3.28. The number of ether oxygens (including phenoxy) is 1. The van der Waals surface area contributed by atoms with Gasteiger partial charge >= 0.3 is 0 Å². The third-order valence-electron chi connectivity index (χ3n) is 3.27. The first-order valence-corrected chi connectivity index (χ1v) is 7.58. The van der Waals surface area contributed by atoms with Gasteiger partial charge in [0, 0.05) is 3.57 Å². The first-order valence-electron chi connectivity index (χ1n) is 6.50. The van der Waals surface area contributed by atoms with Crippen LogP contribution < -0.4 is 10.5 Å². The van der Waals surface area contributed by atoms with E-state index >= 15 is 0 Å². The minimum absolute atomic E-state index is 0.0975. The Bertz CT molecular complexity index is 563. The van der Waals surface area contributed by atoms with E-state index in [-0.39, 0.29) is 6.04 Å². The number of rotatable bonds is 4. The lowest BCUT2D eigenvalue weighted by atomic mass is 10.00. The predicted molar refractivity (Wildman–Crippen MR) is 85.3 cm³/mol. The summed E-state index contributed by atoms with van der Waals surface area (Å²) in [5, 5.41) is 0. The Kier molecular flexibility index (Phi) is 3.75. The molecule has 0 spiro atoms.